The summed E-state index contributed by atoms with van der Waals surface area (Å²) < 4.78 is 33.4. The van der Waals surface area contributed by atoms with E-state index in [1.807, 2.05) is 0 Å². The van der Waals surface area contributed by atoms with Gasteiger partial charge in [-0.2, -0.15) is 0 Å². The van der Waals surface area contributed by atoms with Crippen LogP contribution >= 0.6 is 0 Å². The third-order valence-electron chi connectivity index (χ3n) is 9.15. The van der Waals surface area contributed by atoms with Crippen molar-refractivity contribution in [2.45, 2.75) is 157 Å². The summed E-state index contributed by atoms with van der Waals surface area (Å²) in [6, 6.07) is -0.959. The molecule has 17 atom stereocenters. The van der Waals surface area contributed by atoms with Crippen LogP contribution in [0.15, 0.2) is 12.2 Å². The molecule has 3 saturated heterocycles. The number of ether oxygens (including phenoxy) is 6. The molecule has 17 unspecified atom stereocenters. The van der Waals surface area contributed by atoms with Crippen molar-refractivity contribution < 1.29 is 89.4 Å². The van der Waals surface area contributed by atoms with E-state index in [1.54, 1.807) is 13.0 Å². The zero-order valence-electron chi connectivity index (χ0n) is 28.8. The SMILES string of the molecule is CCCCCC/C=C/C(O)C(COC1OC(CO)C(OC2OC(CO)C(OC3OC(CO)C(O)C(O)C3O)C(O)C2O)C(O)C1O)NC(=O)CC. The van der Waals surface area contributed by atoms with Crippen LogP contribution in [-0.4, -0.2) is 193 Å². The molecule has 0 bridgehead atoms. The van der Waals surface area contributed by atoms with E-state index in [0.29, 0.717) is 0 Å². The van der Waals surface area contributed by atoms with Gasteiger partial charge in [-0.1, -0.05) is 45.3 Å². The van der Waals surface area contributed by atoms with E-state index in [1.165, 1.54) is 6.08 Å². The lowest BCUT2D eigenvalue weighted by Crippen LogP contribution is -2.66. The van der Waals surface area contributed by atoms with Crippen molar-refractivity contribution in [1.29, 1.82) is 0 Å². The van der Waals surface area contributed by atoms with Crippen LogP contribution in [0.2, 0.25) is 0 Å². The normalized spacial score (nSPS) is 40.3. The van der Waals surface area contributed by atoms with Crippen LogP contribution < -0.4 is 5.32 Å². The zero-order valence-corrected chi connectivity index (χ0v) is 28.8. The Morgan fingerprint density at radius 1 is 0.686 bits per heavy atom. The van der Waals surface area contributed by atoms with Gasteiger partial charge in [-0.25, -0.2) is 0 Å². The van der Waals surface area contributed by atoms with Crippen molar-refractivity contribution in [2.24, 2.45) is 0 Å². The van der Waals surface area contributed by atoms with E-state index in [-0.39, 0.29) is 18.9 Å². The van der Waals surface area contributed by atoms with E-state index >= 15 is 0 Å². The minimum Gasteiger partial charge on any atom is -0.394 e. The van der Waals surface area contributed by atoms with Crippen LogP contribution in [0.5, 0.6) is 0 Å². The molecule has 0 spiro atoms. The molecule has 3 aliphatic heterocycles. The molecule has 1 amide bonds. The van der Waals surface area contributed by atoms with Crippen molar-refractivity contribution in [3.63, 3.8) is 0 Å². The van der Waals surface area contributed by atoms with Gasteiger partial charge in [0.05, 0.1) is 38.6 Å². The molecular weight excluding hydrogens is 686 g/mol. The van der Waals surface area contributed by atoms with Gasteiger partial charge in [0.15, 0.2) is 18.9 Å². The highest BCUT2D eigenvalue weighted by atomic mass is 16.8. The summed E-state index contributed by atoms with van der Waals surface area (Å²) in [4.78, 5) is 12.2. The minimum atomic E-state index is -1.97. The fourth-order valence-corrected chi connectivity index (χ4v) is 5.97. The Morgan fingerprint density at radius 3 is 1.73 bits per heavy atom. The van der Waals surface area contributed by atoms with Crippen LogP contribution in [0.1, 0.15) is 52.4 Å². The lowest BCUT2D eigenvalue weighted by Gasteiger charge is -2.48. The van der Waals surface area contributed by atoms with Gasteiger partial charge >= 0.3 is 0 Å². The lowest BCUT2D eigenvalue weighted by molar-refractivity contribution is -0.379. The molecule has 3 heterocycles. The largest absolute Gasteiger partial charge is 0.394 e. The number of aliphatic hydroxyl groups is 11. The molecule has 0 saturated carbocycles. The molecule has 12 N–H and O–H groups in total. The van der Waals surface area contributed by atoms with Gasteiger partial charge in [-0.15, -0.1) is 0 Å². The number of amides is 1. The number of nitrogens with one attached hydrogen (secondary N) is 1. The number of carbonyl (C=O) groups is 1. The van der Waals surface area contributed by atoms with Crippen LogP contribution in [0, 0.1) is 0 Å². The highest BCUT2D eigenvalue weighted by molar-refractivity contribution is 5.75. The average Bonchev–Trinajstić information content (AvgIpc) is 3.13. The second kappa shape index (κ2) is 21.4. The Bertz CT molecular complexity index is 1040. The molecule has 51 heavy (non-hydrogen) atoms. The smallest absolute Gasteiger partial charge is 0.220 e. The van der Waals surface area contributed by atoms with E-state index in [9.17, 15) is 61.0 Å². The van der Waals surface area contributed by atoms with Gasteiger partial charge in [0.1, 0.15) is 73.2 Å². The number of carbonyl (C=O) groups excluding carboxylic acids is 1. The number of allylic oxidation sites excluding steroid dienone is 1. The molecule has 3 fully saturated rings. The molecule has 19 heteroatoms. The Balaban J connectivity index is 1.64. The van der Waals surface area contributed by atoms with Gasteiger partial charge in [0, 0.05) is 6.42 Å². The first kappa shape index (κ1) is 43.9. The van der Waals surface area contributed by atoms with Crippen LogP contribution in [0.4, 0.5) is 0 Å². The van der Waals surface area contributed by atoms with E-state index in [2.05, 4.69) is 12.2 Å². The van der Waals surface area contributed by atoms with Gasteiger partial charge in [0.25, 0.3) is 0 Å². The van der Waals surface area contributed by atoms with Crippen LogP contribution in [-0.2, 0) is 33.2 Å². The lowest BCUT2D eigenvalue weighted by atomic mass is 9.96. The number of hydrogen-bond acceptors (Lipinski definition) is 18. The third-order valence-corrected chi connectivity index (χ3v) is 9.15. The molecule has 0 aliphatic carbocycles. The maximum atomic E-state index is 12.2. The Labute approximate surface area is 295 Å². The maximum Gasteiger partial charge on any atom is 0.220 e. The number of rotatable bonds is 19. The predicted octanol–water partition coefficient (Wildman–Crippen LogP) is -4.77. The summed E-state index contributed by atoms with van der Waals surface area (Å²) in [7, 11) is 0. The van der Waals surface area contributed by atoms with E-state index in [4.69, 9.17) is 28.4 Å². The Kier molecular flexibility index (Phi) is 18.5. The van der Waals surface area contributed by atoms with Crippen molar-refractivity contribution in [3.05, 3.63) is 12.2 Å². The standard InChI is InChI=1S/C32H57NO18/c1-3-5-6-7-8-9-10-16(37)15(33-20(38)4-2)14-46-30-26(44)23(41)28(18(12-35)48-30)51-32-27(45)24(42)29(19(13-36)49-32)50-31-25(43)22(40)21(39)17(11-34)47-31/h9-10,15-19,21-32,34-37,39-45H,3-8,11-14H2,1-2H3,(H,33,38)/b10-9+. The van der Waals surface area contributed by atoms with Gasteiger partial charge in [0.2, 0.25) is 5.91 Å². The summed E-state index contributed by atoms with van der Waals surface area (Å²) in [5.74, 6) is -0.374. The summed E-state index contributed by atoms with van der Waals surface area (Å²) >= 11 is 0. The number of hydrogen-bond donors (Lipinski definition) is 12. The monoisotopic (exact) mass is 743 g/mol. The fraction of sp³-hybridized carbons (Fsp3) is 0.906. The first-order valence-corrected chi connectivity index (χ1v) is 17.4. The van der Waals surface area contributed by atoms with Crippen molar-refractivity contribution in [1.82, 2.24) is 5.32 Å². The first-order chi connectivity index (χ1) is 24.3. The van der Waals surface area contributed by atoms with Crippen molar-refractivity contribution in [2.75, 3.05) is 26.4 Å². The molecule has 0 aromatic rings. The van der Waals surface area contributed by atoms with Crippen molar-refractivity contribution >= 4 is 5.91 Å². The summed E-state index contributed by atoms with van der Waals surface area (Å²) in [5, 5.41) is 117. The molecule has 298 valence electrons. The Morgan fingerprint density at radius 2 is 1.20 bits per heavy atom. The fourth-order valence-electron chi connectivity index (χ4n) is 5.97. The summed E-state index contributed by atoms with van der Waals surface area (Å²) in [6.45, 7) is 0.943. The predicted molar refractivity (Wildman–Crippen MR) is 171 cm³/mol. The van der Waals surface area contributed by atoms with Gasteiger partial charge in [-0.3, -0.25) is 4.79 Å². The maximum absolute atomic E-state index is 12.2. The van der Waals surface area contributed by atoms with E-state index in [0.717, 1.165) is 32.1 Å². The summed E-state index contributed by atoms with van der Waals surface area (Å²) in [5.41, 5.74) is 0. The van der Waals surface area contributed by atoms with Crippen LogP contribution in [0.3, 0.4) is 0 Å². The molecule has 0 aromatic heterocycles. The molecule has 0 radical (unpaired) electrons. The quantitative estimate of drug-likeness (QED) is 0.0437. The molecule has 3 rings (SSSR count). The van der Waals surface area contributed by atoms with Gasteiger partial charge in [-0.05, 0) is 12.8 Å². The molecule has 0 aromatic carbocycles. The highest BCUT2D eigenvalue weighted by Crippen LogP contribution is 2.32. The zero-order chi connectivity index (χ0) is 37.8. The van der Waals surface area contributed by atoms with E-state index < -0.39 is 124 Å². The second-order valence-electron chi connectivity index (χ2n) is 12.9. The topological polar surface area (TPSA) is 307 Å². The molecule has 19 nitrogen and oxygen atoms in total. The number of aliphatic hydroxyl groups excluding tert-OH is 11. The molecular formula is C32H57NO18. The highest BCUT2D eigenvalue weighted by Gasteiger charge is 2.53. The third kappa shape index (κ3) is 11.5. The average molecular weight is 744 g/mol. The second-order valence-corrected chi connectivity index (χ2v) is 12.9. The van der Waals surface area contributed by atoms with Crippen LogP contribution in [0.25, 0.3) is 0 Å². The Hall–Kier alpha value is -1.47. The minimum absolute atomic E-state index is 0.123. The molecule has 3 aliphatic rings. The van der Waals surface area contributed by atoms with Crippen molar-refractivity contribution in [3.8, 4) is 0 Å². The first-order valence-electron chi connectivity index (χ1n) is 17.4. The van der Waals surface area contributed by atoms with Gasteiger partial charge < -0.3 is 89.9 Å². The summed E-state index contributed by atoms with van der Waals surface area (Å²) in [6.07, 6.45) is -18.4. The number of unbranched alkanes of at least 4 members (excludes halogenated alkanes) is 4.